The first-order chi connectivity index (χ1) is 20.7. The summed E-state index contributed by atoms with van der Waals surface area (Å²) < 4.78 is 19.0. The van der Waals surface area contributed by atoms with E-state index < -0.39 is 7.14 Å². The third kappa shape index (κ3) is 7.12. The van der Waals surface area contributed by atoms with Crippen molar-refractivity contribution in [3.8, 4) is 5.75 Å². The predicted molar refractivity (Wildman–Crippen MR) is 178 cm³/mol. The minimum absolute atomic E-state index is 0.382. The van der Waals surface area contributed by atoms with E-state index >= 15 is 0 Å². The number of halogens is 1. The van der Waals surface area contributed by atoms with Gasteiger partial charge in [0.2, 0.25) is 5.95 Å². The molecule has 0 spiro atoms. The summed E-state index contributed by atoms with van der Waals surface area (Å²) in [6.45, 7) is 10.3. The number of hydrogen-bond acceptors (Lipinski definition) is 9. The fourth-order valence-corrected chi connectivity index (χ4v) is 7.50. The number of methoxy groups -OCH3 is 1. The molecule has 230 valence electrons. The first-order valence-electron chi connectivity index (χ1n) is 15.3. The molecule has 2 N–H and O–H groups in total. The van der Waals surface area contributed by atoms with E-state index in [4.69, 9.17) is 16.3 Å². The van der Waals surface area contributed by atoms with Gasteiger partial charge in [-0.2, -0.15) is 4.98 Å². The molecule has 0 unspecified atom stereocenters. The summed E-state index contributed by atoms with van der Waals surface area (Å²) in [6, 6.07) is 13.1. The van der Waals surface area contributed by atoms with Crippen LogP contribution in [-0.4, -0.2) is 92.6 Å². The van der Waals surface area contributed by atoms with Crippen molar-refractivity contribution < 1.29 is 9.30 Å². The van der Waals surface area contributed by atoms with Gasteiger partial charge in [0.1, 0.15) is 17.9 Å². The Morgan fingerprint density at radius 3 is 2.33 bits per heavy atom. The summed E-state index contributed by atoms with van der Waals surface area (Å²) in [7, 11) is 1.35. The molecule has 43 heavy (non-hydrogen) atoms. The lowest BCUT2D eigenvalue weighted by Crippen LogP contribution is -2.52. The molecule has 0 radical (unpaired) electrons. The van der Waals surface area contributed by atoms with Crippen LogP contribution >= 0.6 is 18.7 Å². The first-order valence-corrected chi connectivity index (χ1v) is 18.3. The number of piperazine rings is 1. The van der Waals surface area contributed by atoms with Gasteiger partial charge in [-0.25, -0.2) is 4.98 Å². The zero-order valence-corrected chi connectivity index (χ0v) is 27.3. The zero-order chi connectivity index (χ0) is 30.1. The van der Waals surface area contributed by atoms with Crippen molar-refractivity contribution in [1.82, 2.24) is 19.8 Å². The van der Waals surface area contributed by atoms with Crippen LogP contribution < -0.4 is 25.6 Å². The number of piperidine rings is 1. The highest BCUT2D eigenvalue weighted by atomic mass is 35.5. The van der Waals surface area contributed by atoms with Crippen LogP contribution in [0.25, 0.3) is 0 Å². The van der Waals surface area contributed by atoms with Gasteiger partial charge in [0, 0.05) is 62.4 Å². The number of ether oxygens (including phenoxy) is 1. The second-order valence-electron chi connectivity index (χ2n) is 12.5. The van der Waals surface area contributed by atoms with E-state index in [0.29, 0.717) is 28.7 Å². The monoisotopic (exact) mass is 623 g/mol. The lowest BCUT2D eigenvalue weighted by atomic mass is 10.0. The normalized spacial score (nSPS) is 19.0. The van der Waals surface area contributed by atoms with E-state index in [9.17, 15) is 4.57 Å². The molecule has 3 fully saturated rings. The largest absolute Gasteiger partial charge is 0.494 e. The Bertz CT molecular complexity index is 1500. The van der Waals surface area contributed by atoms with Crippen LogP contribution in [0.1, 0.15) is 37.2 Å². The van der Waals surface area contributed by atoms with Crippen LogP contribution in [0.5, 0.6) is 5.75 Å². The minimum Gasteiger partial charge on any atom is -0.494 e. The van der Waals surface area contributed by atoms with Crippen LogP contribution in [-0.2, 0) is 4.57 Å². The summed E-state index contributed by atoms with van der Waals surface area (Å²) in [4.78, 5) is 16.6. The van der Waals surface area contributed by atoms with Crippen molar-refractivity contribution in [2.45, 2.75) is 37.6 Å². The van der Waals surface area contributed by atoms with Gasteiger partial charge in [-0.1, -0.05) is 17.7 Å². The summed E-state index contributed by atoms with van der Waals surface area (Å²) in [6.07, 6.45) is 6.31. The number of hydrogen-bond donors (Lipinski definition) is 2. The van der Waals surface area contributed by atoms with E-state index in [1.807, 2.05) is 12.1 Å². The van der Waals surface area contributed by atoms with Gasteiger partial charge in [-0.15, -0.1) is 0 Å². The molecule has 2 aliphatic heterocycles. The Labute approximate surface area is 260 Å². The smallest absolute Gasteiger partial charge is 0.229 e. The maximum absolute atomic E-state index is 13.2. The minimum atomic E-state index is -2.54. The number of nitrogens with one attached hydrogen (secondary N) is 2. The fraction of sp³-hybridized carbons (Fsp3) is 0.500. The summed E-state index contributed by atoms with van der Waals surface area (Å²) in [5, 5.41) is 7.83. The maximum Gasteiger partial charge on any atom is 0.229 e. The lowest BCUT2D eigenvalue weighted by molar-refractivity contribution is 0.0982. The van der Waals surface area contributed by atoms with E-state index in [1.165, 1.54) is 44.3 Å². The summed E-state index contributed by atoms with van der Waals surface area (Å²) >= 11 is 6.52. The average molecular weight is 624 g/mol. The Morgan fingerprint density at radius 2 is 1.65 bits per heavy atom. The van der Waals surface area contributed by atoms with E-state index in [1.54, 1.807) is 26.6 Å². The zero-order valence-electron chi connectivity index (χ0n) is 25.6. The maximum atomic E-state index is 13.2. The highest BCUT2D eigenvalue weighted by Gasteiger charge is 2.28. The van der Waals surface area contributed by atoms with Crippen LogP contribution in [0.2, 0.25) is 5.02 Å². The van der Waals surface area contributed by atoms with Crippen molar-refractivity contribution in [1.29, 1.82) is 0 Å². The van der Waals surface area contributed by atoms with Gasteiger partial charge < -0.3 is 29.7 Å². The molecule has 0 bridgehead atoms. The molecule has 3 aromatic rings. The third-order valence-corrected chi connectivity index (χ3v) is 10.8. The Kier molecular flexibility index (Phi) is 8.88. The van der Waals surface area contributed by atoms with Crippen molar-refractivity contribution in [2.75, 3.05) is 82.3 Å². The molecule has 2 aromatic carbocycles. The average Bonchev–Trinajstić information content (AvgIpc) is 3.85. The van der Waals surface area contributed by atoms with Gasteiger partial charge in [-0.3, -0.25) is 4.90 Å². The number of rotatable bonds is 9. The van der Waals surface area contributed by atoms with Crippen molar-refractivity contribution >= 4 is 52.9 Å². The molecule has 1 aliphatic carbocycles. The van der Waals surface area contributed by atoms with E-state index in [-0.39, 0.29) is 0 Å². The number of anilines is 5. The number of likely N-dealkylation sites (N-methyl/N-ethyl adjacent to an activating group) is 1. The van der Waals surface area contributed by atoms with Gasteiger partial charge in [0.25, 0.3) is 0 Å². The van der Waals surface area contributed by atoms with Crippen molar-refractivity contribution in [3.63, 3.8) is 0 Å². The molecule has 1 aromatic heterocycles. The Hall–Kier alpha value is -2.84. The molecule has 0 atom stereocenters. The SMILES string of the molecule is COc1cc(N2CCC(N3CCN(C)CC3)CC2)ccc1Nc1ncc(Cl)c(Nc2ccc(C3CC3)cc2P(C)(C)=O)n1. The van der Waals surface area contributed by atoms with Gasteiger partial charge in [-0.05, 0) is 81.8 Å². The van der Waals surface area contributed by atoms with Crippen LogP contribution in [0.4, 0.5) is 28.8 Å². The number of benzene rings is 2. The fourth-order valence-electron chi connectivity index (χ4n) is 6.19. The van der Waals surface area contributed by atoms with Crippen LogP contribution in [0, 0.1) is 0 Å². The van der Waals surface area contributed by atoms with Crippen LogP contribution in [0.3, 0.4) is 0 Å². The quantitative estimate of drug-likeness (QED) is 0.280. The van der Waals surface area contributed by atoms with Gasteiger partial charge in [0.05, 0.1) is 24.7 Å². The third-order valence-electron chi connectivity index (χ3n) is 8.96. The van der Waals surface area contributed by atoms with E-state index in [2.05, 4.69) is 66.6 Å². The first kappa shape index (κ1) is 30.2. The molecule has 1 saturated carbocycles. The van der Waals surface area contributed by atoms with Gasteiger partial charge in [0.15, 0.2) is 5.82 Å². The lowest BCUT2D eigenvalue weighted by Gasteiger charge is -2.42. The standard InChI is InChI=1S/C32H43ClN7O2P/c1-38-15-17-40(18-16-38)24-11-13-39(14-12-24)25-8-10-27(29(20-25)42-2)36-32-34-21-26(33)31(37-32)35-28-9-7-23(22-5-6-22)19-30(28)43(3,4)41/h7-10,19-22,24H,5-6,11-18H2,1-4H3,(H2,34,35,36,37). The second-order valence-corrected chi connectivity index (χ2v) is 16.1. The van der Waals surface area contributed by atoms with Crippen molar-refractivity contribution in [2.24, 2.45) is 0 Å². The molecule has 11 heteroatoms. The molecule has 9 nitrogen and oxygen atoms in total. The highest BCUT2D eigenvalue weighted by Crippen LogP contribution is 2.44. The topological polar surface area (TPSA) is 85.9 Å². The van der Waals surface area contributed by atoms with Gasteiger partial charge >= 0.3 is 0 Å². The summed E-state index contributed by atoms with van der Waals surface area (Å²) in [5.41, 5.74) is 3.93. The van der Waals surface area contributed by atoms with Crippen LogP contribution in [0.15, 0.2) is 42.6 Å². The molecule has 0 amide bonds. The molecule has 3 aliphatic rings. The van der Waals surface area contributed by atoms with Crippen molar-refractivity contribution in [3.05, 3.63) is 53.2 Å². The number of aromatic nitrogens is 2. The molecule has 3 heterocycles. The van der Waals surface area contributed by atoms with E-state index in [0.717, 1.165) is 54.3 Å². The molecule has 6 rings (SSSR count). The number of nitrogens with zero attached hydrogens (tertiary/aromatic N) is 5. The Balaban J connectivity index is 1.15. The summed E-state index contributed by atoms with van der Waals surface area (Å²) in [5.74, 6) is 2.14. The second kappa shape index (κ2) is 12.6. The predicted octanol–water partition coefficient (Wildman–Crippen LogP) is 5.97. The molecular formula is C32H43ClN7O2P. The highest BCUT2D eigenvalue weighted by molar-refractivity contribution is 7.70. The molecular weight excluding hydrogens is 581 g/mol. The molecule has 2 saturated heterocycles. The Morgan fingerprint density at radius 1 is 0.930 bits per heavy atom.